The van der Waals surface area contributed by atoms with Crippen LogP contribution in [0, 0.1) is 5.92 Å². The Bertz CT molecular complexity index is 761. The highest BCUT2D eigenvalue weighted by atomic mass is 19.4. The minimum absolute atomic E-state index is 0.0502. The molecule has 9 nitrogen and oxygen atoms in total. The minimum Gasteiger partial charge on any atom is -0.454 e. The molecule has 0 bridgehead atoms. The topological polar surface area (TPSA) is 107 Å². The number of hydrogen-bond acceptors (Lipinski definition) is 9. The summed E-state index contributed by atoms with van der Waals surface area (Å²) in [5.41, 5.74) is 0. The lowest BCUT2D eigenvalue weighted by molar-refractivity contribution is -0.315. The highest BCUT2D eigenvalue weighted by Gasteiger charge is 2.66. The van der Waals surface area contributed by atoms with Crippen LogP contribution < -0.4 is 0 Å². The van der Waals surface area contributed by atoms with Crippen molar-refractivity contribution in [3.8, 4) is 0 Å². The summed E-state index contributed by atoms with van der Waals surface area (Å²) in [7, 11) is 0. The quantitative estimate of drug-likeness (QED) is 0.257. The average Bonchev–Trinajstić information content (AvgIpc) is 3.27. The summed E-state index contributed by atoms with van der Waals surface area (Å²) in [5.74, 6) is -4.98. The molecular weight excluding hydrogens is 462 g/mol. The predicted octanol–water partition coefficient (Wildman–Crippen LogP) is 1.52. The number of carbonyl (C=O) groups excluding carboxylic acids is 3. The number of rotatable bonds is 4. The lowest BCUT2D eigenvalue weighted by Gasteiger charge is -2.36. The lowest BCUT2D eigenvalue weighted by atomic mass is 9.85. The van der Waals surface area contributed by atoms with Gasteiger partial charge in [0.25, 0.3) is 12.6 Å². The fourth-order valence-corrected chi connectivity index (χ4v) is 4.32. The van der Waals surface area contributed by atoms with Gasteiger partial charge in [-0.2, -0.15) is 26.3 Å². The van der Waals surface area contributed by atoms with Gasteiger partial charge in [-0.3, -0.25) is 9.59 Å². The lowest BCUT2D eigenvalue weighted by Crippen LogP contribution is -2.47. The highest BCUT2D eigenvalue weighted by molar-refractivity contribution is 5.79. The Morgan fingerprint density at radius 1 is 1.03 bits per heavy atom. The maximum Gasteiger partial charge on any atom is 0.434 e. The number of alkyl halides is 6. The van der Waals surface area contributed by atoms with Gasteiger partial charge in [0, 0.05) is 12.8 Å². The fraction of sp³-hybridized carbons (Fsp3) is 0.824. The second kappa shape index (κ2) is 7.73. The van der Waals surface area contributed by atoms with Crippen LogP contribution in [0.2, 0.25) is 0 Å². The zero-order chi connectivity index (χ0) is 23.5. The van der Waals surface area contributed by atoms with Gasteiger partial charge in [-0.15, -0.1) is 0 Å². The van der Waals surface area contributed by atoms with Crippen molar-refractivity contribution >= 4 is 18.4 Å². The van der Waals surface area contributed by atoms with Crippen LogP contribution in [-0.2, 0) is 42.8 Å². The van der Waals surface area contributed by atoms with Crippen LogP contribution in [-0.4, -0.2) is 73.4 Å². The Hall–Kier alpha value is -2.13. The Balaban J connectivity index is 1.35. The molecule has 180 valence electrons. The first-order valence-electron chi connectivity index (χ1n) is 9.49. The van der Waals surface area contributed by atoms with Crippen molar-refractivity contribution < 1.29 is 69.1 Å². The average molecular weight is 478 g/mol. The van der Waals surface area contributed by atoms with Gasteiger partial charge in [-0.1, -0.05) is 0 Å². The molecule has 1 aliphatic carbocycles. The van der Waals surface area contributed by atoms with Crippen LogP contribution in [0.3, 0.4) is 0 Å². The molecule has 3 saturated heterocycles. The maximum absolute atomic E-state index is 12.6. The largest absolute Gasteiger partial charge is 0.454 e. The fourth-order valence-electron chi connectivity index (χ4n) is 4.32. The van der Waals surface area contributed by atoms with Crippen molar-refractivity contribution in [2.24, 2.45) is 5.92 Å². The molecule has 0 aromatic carbocycles. The molecule has 3 heterocycles. The van der Waals surface area contributed by atoms with Crippen LogP contribution in [0.25, 0.3) is 0 Å². The summed E-state index contributed by atoms with van der Waals surface area (Å²) in [6, 6.07) is 0. The maximum atomic E-state index is 12.6. The van der Waals surface area contributed by atoms with Crippen molar-refractivity contribution in [1.82, 2.24) is 0 Å². The summed E-state index contributed by atoms with van der Waals surface area (Å²) < 4.78 is 106. The molecule has 32 heavy (non-hydrogen) atoms. The van der Waals surface area contributed by atoms with Crippen molar-refractivity contribution in [3.05, 3.63) is 0 Å². The van der Waals surface area contributed by atoms with Crippen molar-refractivity contribution in [1.29, 1.82) is 0 Å². The zero-order valence-electron chi connectivity index (χ0n) is 15.9. The Kier molecular flexibility index (Phi) is 5.56. The minimum atomic E-state index is -5.79. The summed E-state index contributed by atoms with van der Waals surface area (Å²) in [6.45, 7) is 0.0669. The predicted molar refractivity (Wildman–Crippen MR) is 82.1 cm³/mol. The molecule has 0 aromatic rings. The standard InChI is InChI=1S/C17H16F6O9/c18-16(19,20)14(17(21,22)23)30-11(25)6-1-3-15(4-2-6)31-10-8-7(29-13(10)32-15)9(27-5-24)12(26)28-8/h5-10,13-14H,1-4H2. The van der Waals surface area contributed by atoms with E-state index < -0.39 is 72.8 Å². The number of carbonyl (C=O) groups is 3. The molecule has 1 saturated carbocycles. The van der Waals surface area contributed by atoms with E-state index >= 15 is 0 Å². The molecule has 5 unspecified atom stereocenters. The second-order valence-electron chi connectivity index (χ2n) is 7.81. The SMILES string of the molecule is O=COC1C(=O)OC2C3OC4(CCC(C(=O)OC(C(F)(F)F)C(F)(F)F)CC4)OC3OC12. The van der Waals surface area contributed by atoms with Gasteiger partial charge in [-0.25, -0.2) is 4.79 Å². The number of ether oxygens (including phenoxy) is 6. The number of fused-ring (bicyclic) bond motifs is 3. The summed E-state index contributed by atoms with van der Waals surface area (Å²) in [5, 5.41) is 0. The van der Waals surface area contributed by atoms with Gasteiger partial charge in [0.05, 0.1) is 5.92 Å². The molecule has 4 fully saturated rings. The number of hydrogen-bond donors (Lipinski definition) is 0. The van der Waals surface area contributed by atoms with Crippen molar-refractivity contribution in [2.75, 3.05) is 0 Å². The van der Waals surface area contributed by atoms with Crippen LogP contribution in [0.15, 0.2) is 0 Å². The molecule has 4 rings (SSSR count). The second-order valence-corrected chi connectivity index (χ2v) is 7.81. The van der Waals surface area contributed by atoms with E-state index in [9.17, 15) is 40.7 Å². The van der Waals surface area contributed by atoms with E-state index in [-0.39, 0.29) is 32.2 Å². The molecule has 3 aliphatic heterocycles. The van der Waals surface area contributed by atoms with E-state index in [0.717, 1.165) is 0 Å². The number of halogens is 6. The van der Waals surface area contributed by atoms with E-state index in [1.165, 1.54) is 0 Å². The summed E-state index contributed by atoms with van der Waals surface area (Å²) >= 11 is 0. The molecule has 0 aromatic heterocycles. The third-order valence-corrected chi connectivity index (χ3v) is 5.78. The Morgan fingerprint density at radius 3 is 2.22 bits per heavy atom. The molecule has 0 N–H and O–H groups in total. The molecule has 1 spiro atoms. The van der Waals surface area contributed by atoms with E-state index in [4.69, 9.17) is 18.9 Å². The Morgan fingerprint density at radius 2 is 1.66 bits per heavy atom. The zero-order valence-corrected chi connectivity index (χ0v) is 15.9. The van der Waals surface area contributed by atoms with E-state index in [1.807, 2.05) is 0 Å². The van der Waals surface area contributed by atoms with Gasteiger partial charge in [-0.05, 0) is 12.8 Å². The van der Waals surface area contributed by atoms with Crippen molar-refractivity contribution in [2.45, 2.75) is 80.6 Å². The molecule has 4 aliphatic rings. The molecule has 0 radical (unpaired) electrons. The summed E-state index contributed by atoms with van der Waals surface area (Å²) in [4.78, 5) is 34.3. The third kappa shape index (κ3) is 4.01. The van der Waals surface area contributed by atoms with Gasteiger partial charge in [0.15, 0.2) is 24.3 Å². The first kappa shape index (κ1) is 23.0. The van der Waals surface area contributed by atoms with Crippen LogP contribution in [0.1, 0.15) is 25.7 Å². The van der Waals surface area contributed by atoms with E-state index in [1.54, 1.807) is 0 Å². The third-order valence-electron chi connectivity index (χ3n) is 5.78. The van der Waals surface area contributed by atoms with Crippen LogP contribution in [0.5, 0.6) is 0 Å². The summed E-state index contributed by atoms with van der Waals surface area (Å²) in [6.07, 6.45) is -21.3. The Labute approximate surface area is 175 Å². The number of esters is 2. The van der Waals surface area contributed by atoms with Gasteiger partial charge in [0.1, 0.15) is 6.10 Å². The van der Waals surface area contributed by atoms with Gasteiger partial charge < -0.3 is 28.4 Å². The molecular formula is C17H16F6O9. The van der Waals surface area contributed by atoms with E-state index in [2.05, 4.69) is 9.47 Å². The monoisotopic (exact) mass is 478 g/mol. The van der Waals surface area contributed by atoms with Crippen molar-refractivity contribution in [3.63, 3.8) is 0 Å². The normalized spacial score (nSPS) is 39.0. The van der Waals surface area contributed by atoms with Crippen LogP contribution >= 0.6 is 0 Å². The van der Waals surface area contributed by atoms with Gasteiger partial charge in [0.2, 0.25) is 6.10 Å². The molecule has 0 amide bonds. The first-order chi connectivity index (χ1) is 14.8. The first-order valence-corrected chi connectivity index (χ1v) is 9.49. The molecule has 15 heteroatoms. The van der Waals surface area contributed by atoms with Crippen LogP contribution in [0.4, 0.5) is 26.3 Å². The smallest absolute Gasteiger partial charge is 0.434 e. The van der Waals surface area contributed by atoms with E-state index in [0.29, 0.717) is 0 Å². The molecule has 5 atom stereocenters. The highest BCUT2D eigenvalue weighted by Crippen LogP contribution is 2.49. The van der Waals surface area contributed by atoms with Gasteiger partial charge >= 0.3 is 24.3 Å².